The molecule has 2 amide bonds. The lowest BCUT2D eigenvalue weighted by atomic mass is 10.1. The zero-order chi connectivity index (χ0) is 20.3. The van der Waals surface area contributed by atoms with Crippen LogP contribution in [0.25, 0.3) is 0 Å². The van der Waals surface area contributed by atoms with Crippen LogP contribution < -0.4 is 15.0 Å². The Balaban J connectivity index is 1.70. The second-order valence-electron chi connectivity index (χ2n) is 7.16. The van der Waals surface area contributed by atoms with Gasteiger partial charge in [-0.15, -0.1) is 0 Å². The van der Waals surface area contributed by atoms with E-state index >= 15 is 0 Å². The van der Waals surface area contributed by atoms with Crippen molar-refractivity contribution in [3.8, 4) is 5.75 Å². The molecule has 1 fully saturated rings. The van der Waals surface area contributed by atoms with E-state index in [1.807, 2.05) is 26.0 Å². The van der Waals surface area contributed by atoms with Gasteiger partial charge in [-0.05, 0) is 57.2 Å². The van der Waals surface area contributed by atoms with Gasteiger partial charge in [-0.2, -0.15) is 0 Å². The molecule has 0 aromatic heterocycles. The first kappa shape index (κ1) is 19.6. The normalized spacial score (nSPS) is 16.4. The molecule has 1 aliphatic heterocycles. The van der Waals surface area contributed by atoms with E-state index in [1.165, 1.54) is 6.92 Å². The second kappa shape index (κ2) is 8.25. The summed E-state index contributed by atoms with van der Waals surface area (Å²) in [6.07, 6.45) is 0.132. The molecule has 1 aliphatic rings. The average Bonchev–Trinajstić information content (AvgIpc) is 3.05. The first-order valence-electron chi connectivity index (χ1n) is 9.33. The number of hydrogen-bond acceptors (Lipinski definition) is 4. The van der Waals surface area contributed by atoms with Gasteiger partial charge in [-0.3, -0.25) is 14.4 Å². The standard InChI is InChI=1S/C22H24N2O4/c1-14(2)28-20-7-5-4-6-19(20)23-22(27)17-12-21(26)24(13-17)18-10-8-16(9-11-18)15(3)25/h4-11,14,17H,12-13H2,1-3H3,(H,23,27). The van der Waals surface area contributed by atoms with E-state index in [-0.39, 0.29) is 30.1 Å². The monoisotopic (exact) mass is 380 g/mol. The molecule has 0 bridgehead atoms. The summed E-state index contributed by atoms with van der Waals surface area (Å²) in [5, 5.41) is 2.89. The number of carbonyl (C=O) groups excluding carboxylic acids is 3. The molecule has 0 spiro atoms. The van der Waals surface area contributed by atoms with E-state index in [0.29, 0.717) is 29.2 Å². The Morgan fingerprint density at radius 2 is 1.79 bits per heavy atom. The Kier molecular flexibility index (Phi) is 5.78. The predicted octanol–water partition coefficient (Wildman–Crippen LogP) is 3.67. The third-order valence-electron chi connectivity index (χ3n) is 4.59. The van der Waals surface area contributed by atoms with E-state index in [1.54, 1.807) is 41.3 Å². The van der Waals surface area contributed by atoms with E-state index in [2.05, 4.69) is 5.32 Å². The van der Waals surface area contributed by atoms with Crippen molar-refractivity contribution in [1.29, 1.82) is 0 Å². The van der Waals surface area contributed by atoms with E-state index in [4.69, 9.17) is 4.74 Å². The Morgan fingerprint density at radius 1 is 1.11 bits per heavy atom. The van der Waals surface area contributed by atoms with Gasteiger partial charge >= 0.3 is 0 Å². The van der Waals surface area contributed by atoms with Crippen molar-refractivity contribution in [2.24, 2.45) is 5.92 Å². The first-order chi connectivity index (χ1) is 13.3. The lowest BCUT2D eigenvalue weighted by molar-refractivity contribution is -0.122. The summed E-state index contributed by atoms with van der Waals surface area (Å²) in [5.74, 6) is -0.198. The highest BCUT2D eigenvalue weighted by Gasteiger charge is 2.35. The van der Waals surface area contributed by atoms with Gasteiger partial charge in [0.25, 0.3) is 0 Å². The van der Waals surface area contributed by atoms with Crippen LogP contribution in [0.4, 0.5) is 11.4 Å². The van der Waals surface area contributed by atoms with Gasteiger partial charge in [-0.25, -0.2) is 0 Å². The van der Waals surface area contributed by atoms with Gasteiger partial charge in [0.05, 0.1) is 17.7 Å². The van der Waals surface area contributed by atoms with Gasteiger partial charge in [0.15, 0.2) is 5.78 Å². The Bertz CT molecular complexity index is 890. The quantitative estimate of drug-likeness (QED) is 0.776. The number of para-hydroxylation sites is 2. The third kappa shape index (κ3) is 4.39. The number of nitrogens with zero attached hydrogens (tertiary/aromatic N) is 1. The van der Waals surface area contributed by atoms with Crippen molar-refractivity contribution < 1.29 is 19.1 Å². The summed E-state index contributed by atoms with van der Waals surface area (Å²) in [5.41, 5.74) is 1.87. The Hall–Kier alpha value is -3.15. The number of benzene rings is 2. The van der Waals surface area contributed by atoms with Crippen molar-refractivity contribution in [2.45, 2.75) is 33.3 Å². The Morgan fingerprint density at radius 3 is 2.43 bits per heavy atom. The van der Waals surface area contributed by atoms with Crippen LogP contribution >= 0.6 is 0 Å². The number of hydrogen-bond donors (Lipinski definition) is 1. The zero-order valence-electron chi connectivity index (χ0n) is 16.3. The average molecular weight is 380 g/mol. The molecule has 146 valence electrons. The molecular formula is C22H24N2O4. The third-order valence-corrected chi connectivity index (χ3v) is 4.59. The highest BCUT2D eigenvalue weighted by atomic mass is 16.5. The highest BCUT2D eigenvalue weighted by Crippen LogP contribution is 2.29. The number of rotatable bonds is 6. The molecule has 6 nitrogen and oxygen atoms in total. The van der Waals surface area contributed by atoms with Crippen molar-refractivity contribution in [3.05, 3.63) is 54.1 Å². The molecule has 6 heteroatoms. The molecule has 28 heavy (non-hydrogen) atoms. The summed E-state index contributed by atoms with van der Waals surface area (Å²) in [6.45, 7) is 5.64. The smallest absolute Gasteiger partial charge is 0.229 e. The maximum absolute atomic E-state index is 12.7. The van der Waals surface area contributed by atoms with Gasteiger partial charge in [0.1, 0.15) is 5.75 Å². The van der Waals surface area contributed by atoms with Crippen LogP contribution in [0.5, 0.6) is 5.75 Å². The fraction of sp³-hybridized carbons (Fsp3) is 0.318. The Labute approximate surface area is 164 Å². The number of anilines is 2. The van der Waals surface area contributed by atoms with Crippen LogP contribution in [0, 0.1) is 5.92 Å². The largest absolute Gasteiger partial charge is 0.489 e. The van der Waals surface area contributed by atoms with Gasteiger partial charge in [0.2, 0.25) is 11.8 Å². The maximum atomic E-state index is 12.7. The fourth-order valence-corrected chi connectivity index (χ4v) is 3.17. The number of ether oxygens (including phenoxy) is 1. The molecule has 2 aromatic rings. The number of ketones is 1. The lowest BCUT2D eigenvalue weighted by Crippen LogP contribution is -2.28. The minimum atomic E-state index is -0.452. The number of nitrogens with one attached hydrogen (secondary N) is 1. The second-order valence-corrected chi connectivity index (χ2v) is 7.16. The molecule has 1 heterocycles. The summed E-state index contributed by atoms with van der Waals surface area (Å²) in [7, 11) is 0. The van der Waals surface area contributed by atoms with Crippen LogP contribution in [-0.2, 0) is 9.59 Å². The van der Waals surface area contributed by atoms with Crippen molar-refractivity contribution in [1.82, 2.24) is 0 Å². The molecule has 3 rings (SSSR count). The van der Waals surface area contributed by atoms with Crippen molar-refractivity contribution in [3.63, 3.8) is 0 Å². The predicted molar refractivity (Wildman–Crippen MR) is 108 cm³/mol. The lowest BCUT2D eigenvalue weighted by Gasteiger charge is -2.18. The van der Waals surface area contributed by atoms with Crippen LogP contribution in [0.3, 0.4) is 0 Å². The molecular weight excluding hydrogens is 356 g/mol. The van der Waals surface area contributed by atoms with Crippen LogP contribution in [-0.4, -0.2) is 30.2 Å². The van der Waals surface area contributed by atoms with Crippen LogP contribution in [0.2, 0.25) is 0 Å². The SMILES string of the molecule is CC(=O)c1ccc(N2CC(C(=O)Nc3ccccc3OC(C)C)CC2=O)cc1. The van der Waals surface area contributed by atoms with Crippen molar-refractivity contribution in [2.75, 3.05) is 16.8 Å². The van der Waals surface area contributed by atoms with Crippen molar-refractivity contribution >= 4 is 29.0 Å². The minimum absolute atomic E-state index is 0.0143. The van der Waals surface area contributed by atoms with Gasteiger partial charge in [0, 0.05) is 24.2 Å². The maximum Gasteiger partial charge on any atom is 0.229 e. The van der Waals surface area contributed by atoms with E-state index in [9.17, 15) is 14.4 Å². The summed E-state index contributed by atoms with van der Waals surface area (Å²) < 4.78 is 5.73. The molecule has 1 atom stereocenters. The molecule has 1 N–H and O–H groups in total. The molecule has 1 unspecified atom stereocenters. The molecule has 0 radical (unpaired) electrons. The molecule has 0 aliphatic carbocycles. The number of carbonyl (C=O) groups is 3. The topological polar surface area (TPSA) is 75.7 Å². The van der Waals surface area contributed by atoms with Gasteiger partial charge < -0.3 is 15.0 Å². The molecule has 1 saturated heterocycles. The highest BCUT2D eigenvalue weighted by molar-refractivity contribution is 6.04. The van der Waals surface area contributed by atoms with Crippen LogP contribution in [0.1, 0.15) is 37.6 Å². The van der Waals surface area contributed by atoms with E-state index < -0.39 is 5.92 Å². The molecule has 2 aromatic carbocycles. The van der Waals surface area contributed by atoms with E-state index in [0.717, 1.165) is 0 Å². The summed E-state index contributed by atoms with van der Waals surface area (Å²) in [6, 6.07) is 14.1. The molecule has 0 saturated carbocycles. The van der Waals surface area contributed by atoms with Gasteiger partial charge in [-0.1, -0.05) is 12.1 Å². The first-order valence-corrected chi connectivity index (χ1v) is 9.33. The zero-order valence-corrected chi connectivity index (χ0v) is 16.3. The summed E-state index contributed by atoms with van der Waals surface area (Å²) >= 11 is 0. The summed E-state index contributed by atoms with van der Waals surface area (Å²) in [4.78, 5) is 38.2. The minimum Gasteiger partial charge on any atom is -0.489 e. The number of Topliss-reactive ketones (excluding diaryl/α,β-unsaturated/α-hetero) is 1. The number of amides is 2. The van der Waals surface area contributed by atoms with Crippen LogP contribution in [0.15, 0.2) is 48.5 Å². The fourth-order valence-electron chi connectivity index (χ4n) is 3.17.